The minimum absolute atomic E-state index is 0.362. The van der Waals surface area contributed by atoms with E-state index in [4.69, 9.17) is 4.84 Å². The van der Waals surface area contributed by atoms with E-state index >= 15 is 0 Å². The van der Waals surface area contributed by atoms with E-state index in [2.05, 4.69) is 4.98 Å². The molecule has 148 valence electrons. The van der Waals surface area contributed by atoms with Crippen molar-refractivity contribution in [2.75, 3.05) is 7.05 Å². The van der Waals surface area contributed by atoms with Crippen molar-refractivity contribution in [1.29, 1.82) is 0 Å². The Balaban J connectivity index is 1.47. The zero-order valence-electron chi connectivity index (χ0n) is 16.5. The summed E-state index contributed by atoms with van der Waals surface area (Å²) in [6.07, 6.45) is 7.81. The Morgan fingerprint density at radius 3 is 2.00 bits per heavy atom. The first-order valence-electron chi connectivity index (χ1n) is 9.67. The summed E-state index contributed by atoms with van der Waals surface area (Å²) in [7, 11) is 1.44. The van der Waals surface area contributed by atoms with Gasteiger partial charge in [0.05, 0.1) is 5.56 Å². The van der Waals surface area contributed by atoms with Gasteiger partial charge in [-0.2, -0.15) is 5.06 Å². The van der Waals surface area contributed by atoms with Crippen LogP contribution >= 0.6 is 0 Å². The first kappa shape index (κ1) is 20.3. The smallest absolute Gasteiger partial charge is 0.333 e. The molecule has 1 amide bonds. The minimum atomic E-state index is -0.563. The van der Waals surface area contributed by atoms with Crippen molar-refractivity contribution in [3.8, 4) is 0 Å². The summed E-state index contributed by atoms with van der Waals surface area (Å²) < 4.78 is 0. The lowest BCUT2D eigenvalue weighted by atomic mass is 10.0. The number of nitrogens with zero attached hydrogens (tertiary/aromatic N) is 2. The number of amides is 1. The van der Waals surface area contributed by atoms with E-state index in [1.807, 2.05) is 42.7 Å². The van der Waals surface area contributed by atoms with E-state index in [1.54, 1.807) is 36.4 Å². The van der Waals surface area contributed by atoms with Gasteiger partial charge in [0.1, 0.15) is 0 Å². The molecule has 29 heavy (non-hydrogen) atoms. The molecular weight excluding hydrogens is 364 g/mol. The molecular formula is C24H24N2O3. The Kier molecular flexibility index (Phi) is 7.11. The van der Waals surface area contributed by atoms with Crippen LogP contribution in [0, 0.1) is 0 Å². The molecule has 5 heteroatoms. The third kappa shape index (κ3) is 6.01. The molecule has 0 unspecified atom stereocenters. The van der Waals surface area contributed by atoms with Gasteiger partial charge >= 0.3 is 5.97 Å². The van der Waals surface area contributed by atoms with Gasteiger partial charge in [-0.25, -0.2) is 4.79 Å². The van der Waals surface area contributed by atoms with E-state index in [0.29, 0.717) is 11.1 Å². The SMILES string of the molecule is CN(OC(=O)c1ccccc1)C(=O)c1ccc(CCCCc2ccncc2)cc1. The highest BCUT2D eigenvalue weighted by atomic mass is 16.7. The van der Waals surface area contributed by atoms with Gasteiger partial charge in [-0.1, -0.05) is 30.3 Å². The van der Waals surface area contributed by atoms with E-state index in [9.17, 15) is 9.59 Å². The maximum Gasteiger partial charge on any atom is 0.363 e. The quantitative estimate of drug-likeness (QED) is 0.442. The largest absolute Gasteiger partial charge is 0.363 e. The Labute approximate surface area is 170 Å². The van der Waals surface area contributed by atoms with Crippen LogP contribution in [0.1, 0.15) is 44.7 Å². The molecule has 2 aromatic carbocycles. The standard InChI is InChI=1S/C24H24N2O3/c1-26(29-24(28)22-9-3-2-4-10-22)23(27)21-13-11-19(12-14-21)7-5-6-8-20-15-17-25-18-16-20/h2-4,9-18H,5-8H2,1H3. The molecule has 3 rings (SSSR count). The number of hydroxylamine groups is 2. The average Bonchev–Trinajstić information content (AvgIpc) is 2.78. The van der Waals surface area contributed by atoms with Crippen LogP contribution < -0.4 is 0 Å². The first-order chi connectivity index (χ1) is 14.1. The highest BCUT2D eigenvalue weighted by molar-refractivity contribution is 5.95. The van der Waals surface area contributed by atoms with Crippen molar-refractivity contribution in [2.24, 2.45) is 0 Å². The number of aryl methyl sites for hydroxylation is 2. The van der Waals surface area contributed by atoms with Gasteiger partial charge < -0.3 is 4.84 Å². The number of unbranched alkanes of at least 4 members (excludes halogenated alkanes) is 1. The molecule has 0 aliphatic heterocycles. The summed E-state index contributed by atoms with van der Waals surface area (Å²) in [4.78, 5) is 33.7. The predicted octanol–water partition coefficient (Wildman–Crippen LogP) is 4.49. The van der Waals surface area contributed by atoms with Gasteiger partial charge in [-0.15, -0.1) is 0 Å². The Bertz CT molecular complexity index is 925. The minimum Gasteiger partial charge on any atom is -0.333 e. The molecule has 0 saturated heterocycles. The zero-order valence-corrected chi connectivity index (χ0v) is 16.5. The monoisotopic (exact) mass is 388 g/mol. The number of rotatable bonds is 7. The van der Waals surface area contributed by atoms with Crippen molar-refractivity contribution in [1.82, 2.24) is 10.0 Å². The van der Waals surface area contributed by atoms with Gasteiger partial charge in [0.2, 0.25) is 0 Å². The predicted molar refractivity (Wildman–Crippen MR) is 111 cm³/mol. The molecule has 0 fully saturated rings. The van der Waals surface area contributed by atoms with E-state index < -0.39 is 5.97 Å². The summed E-state index contributed by atoms with van der Waals surface area (Å²) in [6, 6.07) is 20.1. The zero-order chi connectivity index (χ0) is 20.5. The van der Waals surface area contributed by atoms with Crippen LogP contribution in [-0.4, -0.2) is 29.0 Å². The molecule has 0 bridgehead atoms. The molecule has 1 aromatic heterocycles. The fraction of sp³-hybridized carbons (Fsp3) is 0.208. The highest BCUT2D eigenvalue weighted by Gasteiger charge is 2.17. The molecule has 1 heterocycles. The lowest BCUT2D eigenvalue weighted by Gasteiger charge is -2.16. The number of hydrogen-bond donors (Lipinski definition) is 0. The molecule has 0 N–H and O–H groups in total. The summed E-state index contributed by atoms with van der Waals surface area (Å²) >= 11 is 0. The van der Waals surface area contributed by atoms with Gasteiger partial charge in [-0.3, -0.25) is 9.78 Å². The Hall–Kier alpha value is -3.47. The van der Waals surface area contributed by atoms with E-state index in [0.717, 1.165) is 30.7 Å². The third-order valence-corrected chi connectivity index (χ3v) is 4.65. The summed E-state index contributed by atoms with van der Waals surface area (Å²) in [5, 5.41) is 0.971. The summed E-state index contributed by atoms with van der Waals surface area (Å²) in [5.74, 6) is -0.925. The second kappa shape index (κ2) is 10.2. The second-order valence-corrected chi connectivity index (χ2v) is 6.81. The maximum atomic E-state index is 12.5. The van der Waals surface area contributed by atoms with Crippen LogP contribution in [0.3, 0.4) is 0 Å². The van der Waals surface area contributed by atoms with Crippen molar-refractivity contribution in [2.45, 2.75) is 25.7 Å². The van der Waals surface area contributed by atoms with Crippen LogP contribution in [0.2, 0.25) is 0 Å². The maximum absolute atomic E-state index is 12.5. The van der Waals surface area contributed by atoms with Crippen molar-refractivity contribution >= 4 is 11.9 Å². The fourth-order valence-electron chi connectivity index (χ4n) is 3.00. The van der Waals surface area contributed by atoms with Crippen LogP contribution in [0.25, 0.3) is 0 Å². The molecule has 0 saturated carbocycles. The fourth-order valence-corrected chi connectivity index (χ4v) is 3.00. The molecule has 5 nitrogen and oxygen atoms in total. The first-order valence-corrected chi connectivity index (χ1v) is 9.67. The van der Waals surface area contributed by atoms with Gasteiger partial charge in [0.15, 0.2) is 0 Å². The number of hydrogen-bond acceptors (Lipinski definition) is 4. The third-order valence-electron chi connectivity index (χ3n) is 4.65. The van der Waals surface area contributed by atoms with E-state index in [-0.39, 0.29) is 5.91 Å². The topological polar surface area (TPSA) is 59.5 Å². The van der Waals surface area contributed by atoms with Crippen LogP contribution in [0.4, 0.5) is 0 Å². The van der Waals surface area contributed by atoms with Gasteiger partial charge in [0, 0.05) is 25.0 Å². The van der Waals surface area contributed by atoms with Crippen molar-refractivity contribution < 1.29 is 14.4 Å². The Morgan fingerprint density at radius 1 is 0.793 bits per heavy atom. The number of carbonyl (C=O) groups excluding carboxylic acids is 2. The lowest BCUT2D eigenvalue weighted by Crippen LogP contribution is -2.29. The van der Waals surface area contributed by atoms with Crippen LogP contribution in [-0.2, 0) is 17.7 Å². The molecule has 0 aliphatic rings. The summed E-state index contributed by atoms with van der Waals surface area (Å²) in [5.41, 5.74) is 3.36. The van der Waals surface area contributed by atoms with Gasteiger partial charge in [0.25, 0.3) is 5.91 Å². The van der Waals surface area contributed by atoms with Crippen molar-refractivity contribution in [3.63, 3.8) is 0 Å². The van der Waals surface area contributed by atoms with E-state index in [1.165, 1.54) is 18.2 Å². The number of aromatic nitrogens is 1. The number of carbonyl (C=O) groups is 2. The average molecular weight is 388 g/mol. The lowest BCUT2D eigenvalue weighted by molar-refractivity contribution is -0.0658. The van der Waals surface area contributed by atoms with Gasteiger partial charge in [-0.05, 0) is 73.2 Å². The Morgan fingerprint density at radius 2 is 1.38 bits per heavy atom. The molecule has 0 radical (unpaired) electrons. The second-order valence-electron chi connectivity index (χ2n) is 6.81. The van der Waals surface area contributed by atoms with Crippen molar-refractivity contribution in [3.05, 3.63) is 101 Å². The molecule has 0 aliphatic carbocycles. The number of pyridine rings is 1. The highest BCUT2D eigenvalue weighted by Crippen LogP contribution is 2.12. The van der Waals surface area contributed by atoms with Crippen LogP contribution in [0.5, 0.6) is 0 Å². The summed E-state index contributed by atoms with van der Waals surface area (Å²) in [6.45, 7) is 0. The molecule has 0 spiro atoms. The van der Waals surface area contributed by atoms with Crippen LogP contribution in [0.15, 0.2) is 79.1 Å². The normalized spacial score (nSPS) is 10.4. The number of benzene rings is 2. The molecule has 3 aromatic rings. The molecule has 0 atom stereocenters.